The van der Waals surface area contributed by atoms with Gasteiger partial charge in [-0.1, -0.05) is 42.5 Å². The van der Waals surface area contributed by atoms with Gasteiger partial charge in [0.05, 0.1) is 12.1 Å². The van der Waals surface area contributed by atoms with Crippen molar-refractivity contribution >= 4 is 22.9 Å². The minimum Gasteiger partial charge on any atom is -0.444 e. The number of aliphatic hydroxyl groups is 1. The van der Waals surface area contributed by atoms with Gasteiger partial charge in [0.15, 0.2) is 0 Å². The van der Waals surface area contributed by atoms with Crippen molar-refractivity contribution in [2.24, 2.45) is 0 Å². The number of carbonyl (C=O) groups is 2. The first-order valence-electron chi connectivity index (χ1n) is 10.8. The minimum absolute atomic E-state index is 0.277. The van der Waals surface area contributed by atoms with E-state index in [1.165, 1.54) is 0 Å². The molecule has 4 rings (SSSR count). The molecule has 1 aliphatic rings. The van der Waals surface area contributed by atoms with Crippen molar-refractivity contribution < 1.29 is 19.4 Å². The molecule has 3 atom stereocenters. The first-order chi connectivity index (χ1) is 15.2. The molecule has 0 unspecified atom stereocenters. The maximum atomic E-state index is 13.3. The zero-order chi connectivity index (χ0) is 22.9. The number of rotatable bonds is 5. The summed E-state index contributed by atoms with van der Waals surface area (Å²) in [6, 6.07) is 14.1. The van der Waals surface area contributed by atoms with E-state index in [2.05, 4.69) is 15.6 Å². The van der Waals surface area contributed by atoms with Crippen LogP contribution in [0.5, 0.6) is 0 Å². The van der Waals surface area contributed by atoms with Gasteiger partial charge >= 0.3 is 6.09 Å². The van der Waals surface area contributed by atoms with Crippen LogP contribution in [-0.2, 0) is 22.4 Å². The standard InChI is InChI=1S/C25H29N3O4/c1-25(2,3)32-24(31)27-20(12-16-14-26-19-11-7-6-9-17(16)19)23(30)28-22-18-10-5-4-8-15(18)13-21(22)29/h4-11,14,20-22,26,29H,12-13H2,1-3H3,(H,27,31)(H,28,30)/t20-,21-,22+/m0/s1. The summed E-state index contributed by atoms with van der Waals surface area (Å²) in [5.41, 5.74) is 3.09. The maximum Gasteiger partial charge on any atom is 0.408 e. The van der Waals surface area contributed by atoms with E-state index in [1.807, 2.05) is 54.7 Å². The summed E-state index contributed by atoms with van der Waals surface area (Å²) >= 11 is 0. The molecule has 2 amide bonds. The molecule has 1 aliphatic carbocycles. The van der Waals surface area contributed by atoms with Crippen LogP contribution >= 0.6 is 0 Å². The topological polar surface area (TPSA) is 103 Å². The van der Waals surface area contributed by atoms with Gasteiger partial charge in [-0.25, -0.2) is 4.79 Å². The van der Waals surface area contributed by atoms with Crippen LogP contribution in [0.3, 0.4) is 0 Å². The lowest BCUT2D eigenvalue weighted by Crippen LogP contribution is -2.50. The summed E-state index contributed by atoms with van der Waals surface area (Å²) in [4.78, 5) is 29.0. The number of aromatic amines is 1. The van der Waals surface area contributed by atoms with Crippen LogP contribution in [-0.4, -0.2) is 39.8 Å². The molecule has 2 aromatic carbocycles. The van der Waals surface area contributed by atoms with E-state index >= 15 is 0 Å². The molecule has 0 aliphatic heterocycles. The lowest BCUT2D eigenvalue weighted by atomic mass is 10.0. The summed E-state index contributed by atoms with van der Waals surface area (Å²) in [6.45, 7) is 5.31. The number of amides is 2. The number of fused-ring (bicyclic) bond motifs is 2. The van der Waals surface area contributed by atoms with Crippen molar-refractivity contribution in [2.75, 3.05) is 0 Å². The molecule has 7 nitrogen and oxygen atoms in total. The zero-order valence-electron chi connectivity index (χ0n) is 18.5. The second-order valence-corrected chi connectivity index (χ2v) is 9.22. The number of alkyl carbamates (subject to hydrolysis) is 1. The number of H-pyrrole nitrogens is 1. The molecule has 0 saturated heterocycles. The van der Waals surface area contributed by atoms with Gasteiger partial charge in [0.2, 0.25) is 5.91 Å². The fourth-order valence-electron chi connectivity index (χ4n) is 4.18. The van der Waals surface area contributed by atoms with Gasteiger partial charge in [-0.05, 0) is 43.5 Å². The summed E-state index contributed by atoms with van der Waals surface area (Å²) in [7, 11) is 0. The minimum atomic E-state index is -0.871. The lowest BCUT2D eigenvalue weighted by Gasteiger charge is -2.25. The van der Waals surface area contributed by atoms with Crippen molar-refractivity contribution in [1.29, 1.82) is 0 Å². The van der Waals surface area contributed by atoms with Gasteiger partial charge in [-0.2, -0.15) is 0 Å². The molecule has 4 N–H and O–H groups in total. The molecule has 1 aromatic heterocycles. The third kappa shape index (κ3) is 4.78. The molecule has 1 heterocycles. The van der Waals surface area contributed by atoms with Crippen molar-refractivity contribution in [3.63, 3.8) is 0 Å². The predicted molar refractivity (Wildman–Crippen MR) is 122 cm³/mol. The summed E-state index contributed by atoms with van der Waals surface area (Å²) in [5.74, 6) is -0.373. The number of nitrogens with one attached hydrogen (secondary N) is 3. The van der Waals surface area contributed by atoms with Gasteiger partial charge in [-0.3, -0.25) is 4.79 Å². The number of aromatic nitrogens is 1. The Kier molecular flexibility index (Phi) is 5.93. The SMILES string of the molecule is CC(C)(C)OC(=O)N[C@@H](Cc1c[nH]c2ccccc12)C(=O)N[C@@H]1c2ccccc2C[C@@H]1O. The van der Waals surface area contributed by atoms with Gasteiger partial charge < -0.3 is 25.5 Å². The average molecular weight is 436 g/mol. The lowest BCUT2D eigenvalue weighted by molar-refractivity contribution is -0.124. The molecule has 0 radical (unpaired) electrons. The number of ether oxygens (including phenoxy) is 1. The third-order valence-electron chi connectivity index (χ3n) is 5.61. The van der Waals surface area contributed by atoms with Crippen molar-refractivity contribution in [3.8, 4) is 0 Å². The van der Waals surface area contributed by atoms with Crippen LogP contribution in [0, 0.1) is 0 Å². The fourth-order valence-corrected chi connectivity index (χ4v) is 4.18. The molecular weight excluding hydrogens is 406 g/mol. The molecule has 0 saturated carbocycles. The zero-order valence-corrected chi connectivity index (χ0v) is 18.5. The van der Waals surface area contributed by atoms with E-state index in [1.54, 1.807) is 20.8 Å². The van der Waals surface area contributed by atoms with Gasteiger partial charge in [0.1, 0.15) is 11.6 Å². The quantitative estimate of drug-likeness (QED) is 0.493. The van der Waals surface area contributed by atoms with Crippen molar-refractivity contribution in [2.45, 2.75) is 57.4 Å². The third-order valence-corrected chi connectivity index (χ3v) is 5.61. The van der Waals surface area contributed by atoms with Gasteiger partial charge in [0.25, 0.3) is 0 Å². The highest BCUT2D eigenvalue weighted by molar-refractivity contribution is 5.88. The number of aliphatic hydroxyl groups excluding tert-OH is 1. The summed E-state index contributed by atoms with van der Waals surface area (Å²) in [5, 5.41) is 17.2. The second kappa shape index (κ2) is 8.67. The largest absolute Gasteiger partial charge is 0.444 e. The number of carbonyl (C=O) groups excluding carboxylic acids is 2. The molecule has 0 fully saturated rings. The number of hydrogen-bond donors (Lipinski definition) is 4. The van der Waals surface area contributed by atoms with E-state index < -0.39 is 29.9 Å². The predicted octanol–water partition coefficient (Wildman–Crippen LogP) is 3.38. The van der Waals surface area contributed by atoms with E-state index in [-0.39, 0.29) is 12.3 Å². The molecular formula is C25H29N3O4. The highest BCUT2D eigenvalue weighted by Gasteiger charge is 2.34. The molecule has 32 heavy (non-hydrogen) atoms. The second-order valence-electron chi connectivity index (χ2n) is 9.22. The Morgan fingerprint density at radius 1 is 1.16 bits per heavy atom. The number of benzene rings is 2. The number of hydrogen-bond acceptors (Lipinski definition) is 4. The molecule has 3 aromatic rings. The van der Waals surface area contributed by atoms with Gasteiger partial charge in [-0.15, -0.1) is 0 Å². The highest BCUT2D eigenvalue weighted by Crippen LogP contribution is 2.31. The van der Waals surface area contributed by atoms with Gasteiger partial charge in [0, 0.05) is 29.9 Å². The molecule has 0 bridgehead atoms. The first-order valence-corrected chi connectivity index (χ1v) is 10.8. The van der Waals surface area contributed by atoms with E-state index in [0.717, 1.165) is 27.6 Å². The fraction of sp³-hybridized carbons (Fsp3) is 0.360. The maximum absolute atomic E-state index is 13.3. The smallest absolute Gasteiger partial charge is 0.408 e. The Labute approximate surface area is 187 Å². The first kappa shape index (κ1) is 21.9. The van der Waals surface area contributed by atoms with E-state index in [0.29, 0.717) is 6.42 Å². The molecule has 7 heteroatoms. The summed E-state index contributed by atoms with van der Waals surface area (Å²) < 4.78 is 5.39. The van der Waals surface area contributed by atoms with Crippen molar-refractivity contribution in [1.82, 2.24) is 15.6 Å². The van der Waals surface area contributed by atoms with Crippen LogP contribution in [0.2, 0.25) is 0 Å². The van der Waals surface area contributed by atoms with Crippen LogP contribution in [0.15, 0.2) is 54.7 Å². The Bertz CT molecular complexity index is 1130. The Balaban J connectivity index is 1.57. The van der Waals surface area contributed by atoms with E-state index in [9.17, 15) is 14.7 Å². The average Bonchev–Trinajstić information content (AvgIpc) is 3.27. The van der Waals surface area contributed by atoms with Crippen LogP contribution in [0.4, 0.5) is 4.79 Å². The monoisotopic (exact) mass is 435 g/mol. The van der Waals surface area contributed by atoms with Crippen LogP contribution < -0.4 is 10.6 Å². The normalized spacial score (nSPS) is 18.8. The Hall–Kier alpha value is -3.32. The Morgan fingerprint density at radius 3 is 2.66 bits per heavy atom. The highest BCUT2D eigenvalue weighted by atomic mass is 16.6. The van der Waals surface area contributed by atoms with Crippen molar-refractivity contribution in [3.05, 3.63) is 71.4 Å². The van der Waals surface area contributed by atoms with Crippen LogP contribution in [0.1, 0.15) is 43.5 Å². The van der Waals surface area contributed by atoms with Crippen LogP contribution in [0.25, 0.3) is 10.9 Å². The molecule has 168 valence electrons. The van der Waals surface area contributed by atoms with E-state index in [4.69, 9.17) is 4.74 Å². The number of para-hydroxylation sites is 1. The Morgan fingerprint density at radius 2 is 1.88 bits per heavy atom. The molecule has 0 spiro atoms. The summed E-state index contributed by atoms with van der Waals surface area (Å²) in [6.07, 6.45) is 1.23.